The first-order chi connectivity index (χ1) is 13.2. The van der Waals surface area contributed by atoms with E-state index in [2.05, 4.69) is 9.97 Å². The summed E-state index contributed by atoms with van der Waals surface area (Å²) in [6, 6.07) is 4.92. The molecule has 0 aliphatic carbocycles. The van der Waals surface area contributed by atoms with E-state index in [9.17, 15) is 4.39 Å². The Kier molecular flexibility index (Phi) is 5.89. The third-order valence-corrected chi connectivity index (χ3v) is 4.43. The number of alkyl halides is 1. The quantitative estimate of drug-likeness (QED) is 0.382. The monoisotopic (exact) mass is 389 g/mol. The molecule has 0 saturated heterocycles. The number of ether oxygens (including phenoxy) is 1. The Balaban J connectivity index is 1.76. The van der Waals surface area contributed by atoms with Crippen molar-refractivity contribution in [2.24, 2.45) is 0 Å². The Morgan fingerprint density at radius 2 is 2.15 bits per heavy atom. The molecule has 0 saturated carbocycles. The highest BCUT2D eigenvalue weighted by Crippen LogP contribution is 2.25. The van der Waals surface area contributed by atoms with Crippen LogP contribution >= 0.6 is 11.3 Å². The molecule has 0 bridgehead atoms. The minimum atomic E-state index is -0.910. The highest BCUT2D eigenvalue weighted by Gasteiger charge is 2.11. The summed E-state index contributed by atoms with van der Waals surface area (Å²) < 4.78 is 23.6. The molecule has 0 radical (unpaired) electrons. The molecule has 1 atom stereocenters. The van der Waals surface area contributed by atoms with Crippen molar-refractivity contribution >= 4 is 52.4 Å². The molecule has 27 heavy (non-hydrogen) atoms. The number of benzene rings is 1. The van der Waals surface area contributed by atoms with Crippen molar-refractivity contribution in [1.82, 2.24) is 9.97 Å². The number of aliphatic hydroxyl groups is 1. The number of hydrogen-bond acceptors (Lipinski definition) is 8. The van der Waals surface area contributed by atoms with Gasteiger partial charge in [0.15, 0.2) is 10.7 Å². The van der Waals surface area contributed by atoms with Crippen molar-refractivity contribution in [3.63, 3.8) is 0 Å². The fraction of sp³-hybridized carbons (Fsp3) is 0.176. The summed E-state index contributed by atoms with van der Waals surface area (Å²) in [5, 5.41) is 23.9. The number of hydrogen-bond donors (Lipinski definition) is 3. The topological polar surface area (TPSA) is 119 Å². The van der Waals surface area contributed by atoms with Crippen LogP contribution in [0.4, 0.5) is 9.52 Å². The second-order valence-electron chi connectivity index (χ2n) is 5.30. The predicted octanol–water partition coefficient (Wildman–Crippen LogP) is 3.18. The van der Waals surface area contributed by atoms with E-state index in [1.165, 1.54) is 16.2 Å². The number of nitrogens with zero attached hydrogens (tertiary/aromatic N) is 3. The lowest BCUT2D eigenvalue weighted by Gasteiger charge is -2.12. The second-order valence-corrected chi connectivity index (χ2v) is 6.34. The molecule has 3 N–H and O–H groups in total. The van der Waals surface area contributed by atoms with Crippen LogP contribution in [0.5, 0.6) is 5.75 Å². The van der Waals surface area contributed by atoms with Gasteiger partial charge < -0.3 is 14.3 Å². The van der Waals surface area contributed by atoms with Gasteiger partial charge in [-0.1, -0.05) is 11.3 Å². The van der Waals surface area contributed by atoms with E-state index in [0.717, 1.165) is 17.6 Å². The predicted molar refractivity (Wildman–Crippen MR) is 103 cm³/mol. The molecule has 3 aromatic rings. The zero-order valence-electron chi connectivity index (χ0n) is 14.0. The summed E-state index contributed by atoms with van der Waals surface area (Å²) in [6.45, 7) is -1.20. The van der Waals surface area contributed by atoms with Crippen LogP contribution in [-0.4, -0.2) is 47.1 Å². The lowest BCUT2D eigenvalue weighted by molar-refractivity contribution is 0.0932. The van der Waals surface area contributed by atoms with Gasteiger partial charge in [0, 0.05) is 23.2 Å². The lowest BCUT2D eigenvalue weighted by atomic mass is 10.3. The average Bonchev–Trinajstić information content (AvgIpc) is 3.31. The summed E-state index contributed by atoms with van der Waals surface area (Å²) >= 11 is 1.31. The number of halogens is 1. The standard InChI is InChI=1S/C17H16FN5O3S/c18-6-12(8-24)25-11-1-3-14-15(5-11)26-16(22-14)4-2-13-7-21-17(27-13)23(9-19)10-20/h1-5,7,9-10,12,19-20,24H,6,8H2/b4-2+,19-9?,20-10?. The van der Waals surface area contributed by atoms with Crippen molar-refractivity contribution in [2.75, 3.05) is 18.2 Å². The van der Waals surface area contributed by atoms with Crippen LogP contribution in [0, 0.1) is 10.8 Å². The first-order valence-electron chi connectivity index (χ1n) is 7.84. The fourth-order valence-electron chi connectivity index (χ4n) is 2.15. The van der Waals surface area contributed by atoms with Gasteiger partial charge in [-0.2, -0.15) is 0 Å². The summed E-state index contributed by atoms with van der Waals surface area (Å²) in [4.78, 5) is 10.6. The maximum absolute atomic E-state index is 12.7. The zero-order valence-corrected chi connectivity index (χ0v) is 14.8. The minimum Gasteiger partial charge on any atom is -0.485 e. The van der Waals surface area contributed by atoms with E-state index in [1.807, 2.05) is 0 Å². The van der Waals surface area contributed by atoms with E-state index >= 15 is 0 Å². The van der Waals surface area contributed by atoms with Crippen molar-refractivity contribution in [3.05, 3.63) is 35.2 Å². The normalized spacial score (nSPS) is 12.4. The van der Waals surface area contributed by atoms with E-state index in [4.69, 9.17) is 25.1 Å². The first-order valence-corrected chi connectivity index (χ1v) is 8.66. The van der Waals surface area contributed by atoms with Crippen molar-refractivity contribution in [3.8, 4) is 5.75 Å². The molecule has 0 spiro atoms. The number of fused-ring (bicyclic) bond motifs is 1. The van der Waals surface area contributed by atoms with E-state index in [-0.39, 0.29) is 0 Å². The summed E-state index contributed by atoms with van der Waals surface area (Å²) in [7, 11) is 0. The fourth-order valence-corrected chi connectivity index (χ4v) is 2.92. The minimum absolute atomic E-state index is 0.372. The third kappa shape index (κ3) is 4.36. The highest BCUT2D eigenvalue weighted by atomic mass is 32.1. The van der Waals surface area contributed by atoms with Gasteiger partial charge in [-0.25, -0.2) is 14.4 Å². The summed E-state index contributed by atoms with van der Waals surface area (Å²) in [6.07, 6.45) is 6.16. The number of aromatic nitrogens is 2. The number of anilines is 1. The Bertz CT molecular complexity index is 959. The van der Waals surface area contributed by atoms with Gasteiger partial charge in [-0.05, 0) is 18.2 Å². The average molecular weight is 389 g/mol. The van der Waals surface area contributed by atoms with Crippen molar-refractivity contribution in [2.45, 2.75) is 6.10 Å². The van der Waals surface area contributed by atoms with Gasteiger partial charge in [-0.3, -0.25) is 15.7 Å². The number of nitrogens with one attached hydrogen (secondary N) is 2. The molecule has 2 aromatic heterocycles. The van der Waals surface area contributed by atoms with Crippen LogP contribution in [0.15, 0.2) is 28.8 Å². The van der Waals surface area contributed by atoms with Crippen LogP contribution in [-0.2, 0) is 0 Å². The number of rotatable bonds is 9. The van der Waals surface area contributed by atoms with E-state index in [1.54, 1.807) is 36.5 Å². The molecule has 0 aliphatic heterocycles. The molecule has 2 heterocycles. The Labute approximate surface area is 157 Å². The van der Waals surface area contributed by atoms with Crippen LogP contribution < -0.4 is 9.64 Å². The second kappa shape index (κ2) is 8.52. The summed E-state index contributed by atoms with van der Waals surface area (Å²) in [5.41, 5.74) is 1.10. The van der Waals surface area contributed by atoms with Crippen LogP contribution in [0.3, 0.4) is 0 Å². The number of aliphatic hydroxyl groups excluding tert-OH is 1. The highest BCUT2D eigenvalue weighted by molar-refractivity contribution is 7.16. The van der Waals surface area contributed by atoms with Crippen molar-refractivity contribution < 1.29 is 18.7 Å². The molecule has 0 fully saturated rings. The first kappa shape index (κ1) is 18.7. The maximum Gasteiger partial charge on any atom is 0.220 e. The Morgan fingerprint density at radius 1 is 1.33 bits per heavy atom. The van der Waals surface area contributed by atoms with Crippen LogP contribution in [0.25, 0.3) is 23.3 Å². The van der Waals surface area contributed by atoms with E-state index < -0.39 is 19.4 Å². The SMILES string of the molecule is N=CN(C=N)c1ncc(/C=C/c2nc3ccc(OC(CO)CF)cc3o2)s1. The van der Waals surface area contributed by atoms with Gasteiger partial charge in [-0.15, -0.1) is 0 Å². The largest absolute Gasteiger partial charge is 0.485 e. The van der Waals surface area contributed by atoms with Gasteiger partial charge in [0.05, 0.1) is 19.3 Å². The third-order valence-electron chi connectivity index (χ3n) is 3.46. The van der Waals surface area contributed by atoms with Crippen LogP contribution in [0.1, 0.15) is 10.8 Å². The van der Waals surface area contributed by atoms with Gasteiger partial charge in [0.25, 0.3) is 0 Å². The number of thiazole rings is 1. The Hall–Kier alpha value is -3.11. The molecular weight excluding hydrogens is 373 g/mol. The molecule has 1 aromatic carbocycles. The van der Waals surface area contributed by atoms with Gasteiger partial charge in [0.1, 0.15) is 24.0 Å². The summed E-state index contributed by atoms with van der Waals surface area (Å²) in [5.74, 6) is 0.758. The molecule has 10 heteroatoms. The molecule has 1 unspecified atom stereocenters. The molecule has 0 amide bonds. The molecule has 140 valence electrons. The van der Waals surface area contributed by atoms with Gasteiger partial charge in [0.2, 0.25) is 5.89 Å². The number of oxazole rings is 1. The van der Waals surface area contributed by atoms with Gasteiger partial charge >= 0.3 is 0 Å². The van der Waals surface area contributed by atoms with Crippen molar-refractivity contribution in [1.29, 1.82) is 10.8 Å². The molecular formula is C17H16FN5O3S. The molecule has 0 aliphatic rings. The van der Waals surface area contributed by atoms with E-state index in [0.29, 0.717) is 27.9 Å². The maximum atomic E-state index is 12.7. The lowest BCUT2D eigenvalue weighted by Crippen LogP contribution is -2.23. The Morgan fingerprint density at radius 3 is 2.85 bits per heavy atom. The zero-order chi connectivity index (χ0) is 19.2. The smallest absolute Gasteiger partial charge is 0.220 e. The molecule has 8 nitrogen and oxygen atoms in total. The van der Waals surface area contributed by atoms with Crippen LogP contribution in [0.2, 0.25) is 0 Å². The molecule has 3 rings (SSSR count).